The molecule has 5 aromatic rings. The van der Waals surface area contributed by atoms with E-state index in [0.29, 0.717) is 16.6 Å². The summed E-state index contributed by atoms with van der Waals surface area (Å²) in [4.78, 5) is 26.0. The molecule has 0 fully saturated rings. The van der Waals surface area contributed by atoms with E-state index in [1.807, 2.05) is 70.2 Å². The standard InChI is InChI=1S/C31H28ClN3O4S/c1-17-13-23-27(25(18-9-11-22(32)12-10-18)24(17)26(29(36)37)39-31(2,3)4)40-28(35-23)20-8-6-7-19(14-20)21-15-33-30(38-5)34-16-21/h6-16,26H,1-5H3,(H,36,37). The Balaban J connectivity index is 1.70. The number of aryl methyl sites for hydroxylation is 1. The molecule has 5 rings (SSSR count). The number of rotatable bonds is 7. The first-order valence-corrected chi connectivity index (χ1v) is 13.8. The Bertz CT molecular complexity index is 1690. The highest BCUT2D eigenvalue weighted by Gasteiger charge is 2.32. The number of carbonyl (C=O) groups is 1. The zero-order valence-corrected chi connectivity index (χ0v) is 24.3. The number of carboxylic acid groups (broad SMARTS) is 1. The highest BCUT2D eigenvalue weighted by molar-refractivity contribution is 7.22. The average Bonchev–Trinajstić information content (AvgIpc) is 3.35. The van der Waals surface area contributed by atoms with Crippen LogP contribution >= 0.6 is 22.9 Å². The summed E-state index contributed by atoms with van der Waals surface area (Å²) in [6, 6.07) is 17.7. The number of carboxylic acids is 1. The van der Waals surface area contributed by atoms with Crippen molar-refractivity contribution in [3.63, 3.8) is 0 Å². The van der Waals surface area contributed by atoms with Gasteiger partial charge in [-0.25, -0.2) is 19.7 Å². The summed E-state index contributed by atoms with van der Waals surface area (Å²) in [5, 5.41) is 11.7. The van der Waals surface area contributed by atoms with Gasteiger partial charge in [0, 0.05) is 39.7 Å². The molecule has 1 unspecified atom stereocenters. The lowest BCUT2D eigenvalue weighted by atomic mass is 9.91. The summed E-state index contributed by atoms with van der Waals surface area (Å²) in [5.74, 6) is -1.05. The number of ether oxygens (including phenoxy) is 2. The van der Waals surface area contributed by atoms with Crippen LogP contribution in [0.15, 0.2) is 67.0 Å². The molecule has 0 bridgehead atoms. The Morgan fingerprint density at radius 1 is 0.975 bits per heavy atom. The lowest BCUT2D eigenvalue weighted by Crippen LogP contribution is -2.28. The molecule has 0 spiro atoms. The van der Waals surface area contributed by atoms with Crippen LogP contribution in [0.1, 0.15) is 38.0 Å². The largest absolute Gasteiger partial charge is 0.479 e. The number of halogens is 1. The first-order valence-electron chi connectivity index (χ1n) is 12.6. The second-order valence-electron chi connectivity index (χ2n) is 10.3. The van der Waals surface area contributed by atoms with Crippen LogP contribution < -0.4 is 4.74 Å². The van der Waals surface area contributed by atoms with Crippen LogP contribution in [0.5, 0.6) is 6.01 Å². The van der Waals surface area contributed by atoms with Crippen molar-refractivity contribution in [2.24, 2.45) is 0 Å². The lowest BCUT2D eigenvalue weighted by Gasteiger charge is -2.28. The Hall–Kier alpha value is -3.85. The fourth-order valence-corrected chi connectivity index (χ4v) is 5.81. The molecule has 7 nitrogen and oxygen atoms in total. The van der Waals surface area contributed by atoms with Crippen LogP contribution in [0.3, 0.4) is 0 Å². The van der Waals surface area contributed by atoms with E-state index in [1.165, 1.54) is 18.4 Å². The SMILES string of the molecule is COc1ncc(-c2cccc(-c3nc4cc(C)c(C(OC(C)(C)C)C(=O)O)c(-c5ccc(Cl)cc5)c4s3)c2)cn1. The summed E-state index contributed by atoms with van der Waals surface area (Å²) in [7, 11) is 1.53. The quantitative estimate of drug-likeness (QED) is 0.211. The molecule has 0 saturated carbocycles. The predicted octanol–water partition coefficient (Wildman–Crippen LogP) is 8.00. The maximum atomic E-state index is 12.6. The van der Waals surface area contributed by atoms with Crippen LogP contribution in [0.4, 0.5) is 0 Å². The zero-order chi connectivity index (χ0) is 28.6. The van der Waals surface area contributed by atoms with E-state index < -0.39 is 17.7 Å². The molecule has 0 saturated heterocycles. The van der Waals surface area contributed by atoms with Crippen molar-refractivity contribution in [1.82, 2.24) is 15.0 Å². The van der Waals surface area contributed by atoms with Crippen LogP contribution in [0, 0.1) is 6.92 Å². The summed E-state index contributed by atoms with van der Waals surface area (Å²) < 4.78 is 12.1. The predicted molar refractivity (Wildman–Crippen MR) is 159 cm³/mol. The Labute approximate surface area is 241 Å². The number of aliphatic carboxylic acids is 1. The van der Waals surface area contributed by atoms with Gasteiger partial charge < -0.3 is 14.6 Å². The second-order valence-corrected chi connectivity index (χ2v) is 11.8. The maximum absolute atomic E-state index is 12.6. The van der Waals surface area contributed by atoms with Crippen LogP contribution in [0.2, 0.25) is 5.02 Å². The third kappa shape index (κ3) is 5.70. The normalized spacial score (nSPS) is 12.4. The van der Waals surface area contributed by atoms with Gasteiger partial charge >= 0.3 is 12.0 Å². The summed E-state index contributed by atoms with van der Waals surface area (Å²) >= 11 is 7.72. The van der Waals surface area contributed by atoms with Crippen molar-refractivity contribution < 1.29 is 19.4 Å². The minimum atomic E-state index is -1.17. The zero-order valence-electron chi connectivity index (χ0n) is 22.7. The molecule has 1 N–H and O–H groups in total. The van der Waals surface area contributed by atoms with Gasteiger partial charge in [0.05, 0.1) is 22.9 Å². The van der Waals surface area contributed by atoms with Crippen LogP contribution in [0.25, 0.3) is 43.0 Å². The number of nitrogens with zero attached hydrogens (tertiary/aromatic N) is 3. The molecule has 0 amide bonds. The maximum Gasteiger partial charge on any atom is 0.337 e. The molecular weight excluding hydrogens is 546 g/mol. The topological polar surface area (TPSA) is 94.4 Å². The monoisotopic (exact) mass is 573 g/mol. The van der Waals surface area contributed by atoms with Gasteiger partial charge in [-0.15, -0.1) is 11.3 Å². The van der Waals surface area contributed by atoms with E-state index in [-0.39, 0.29) is 0 Å². The summed E-state index contributed by atoms with van der Waals surface area (Å²) in [6.07, 6.45) is 2.27. The summed E-state index contributed by atoms with van der Waals surface area (Å²) in [6.45, 7) is 7.46. The van der Waals surface area contributed by atoms with Crippen LogP contribution in [-0.4, -0.2) is 38.7 Å². The number of fused-ring (bicyclic) bond motifs is 1. The number of aromatic nitrogens is 3. The van der Waals surface area contributed by atoms with Crippen molar-refractivity contribution in [1.29, 1.82) is 0 Å². The Morgan fingerprint density at radius 2 is 1.65 bits per heavy atom. The van der Waals surface area contributed by atoms with Gasteiger partial charge in [-0.2, -0.15) is 0 Å². The van der Waals surface area contributed by atoms with Crippen molar-refractivity contribution >= 4 is 39.1 Å². The number of hydrogen-bond donors (Lipinski definition) is 1. The molecule has 0 aliphatic heterocycles. The van der Waals surface area contributed by atoms with Crippen molar-refractivity contribution in [2.45, 2.75) is 39.4 Å². The number of thiazole rings is 1. The van der Waals surface area contributed by atoms with Crippen molar-refractivity contribution in [3.05, 3.63) is 83.1 Å². The fraction of sp³-hybridized carbons (Fsp3) is 0.226. The molecule has 204 valence electrons. The van der Waals surface area contributed by atoms with E-state index in [4.69, 9.17) is 26.1 Å². The van der Waals surface area contributed by atoms with Gasteiger partial charge in [-0.1, -0.05) is 41.9 Å². The Kier molecular flexibility index (Phi) is 7.59. The van der Waals surface area contributed by atoms with Gasteiger partial charge in [0.15, 0.2) is 6.10 Å². The van der Waals surface area contributed by atoms with E-state index in [9.17, 15) is 9.90 Å². The molecule has 9 heteroatoms. The molecule has 0 aliphatic carbocycles. The minimum absolute atomic E-state index is 0.307. The van der Waals surface area contributed by atoms with Crippen molar-refractivity contribution in [3.8, 4) is 38.8 Å². The van der Waals surface area contributed by atoms with E-state index in [1.54, 1.807) is 24.5 Å². The molecule has 40 heavy (non-hydrogen) atoms. The number of hydrogen-bond acceptors (Lipinski definition) is 7. The first-order chi connectivity index (χ1) is 19.0. The van der Waals surface area contributed by atoms with Gasteiger partial charge in [0.25, 0.3) is 0 Å². The summed E-state index contributed by atoms with van der Waals surface area (Å²) in [5.41, 5.74) is 5.85. The van der Waals surface area contributed by atoms with Crippen molar-refractivity contribution in [2.75, 3.05) is 7.11 Å². The van der Waals surface area contributed by atoms with E-state index in [0.717, 1.165) is 48.6 Å². The number of benzene rings is 3. The number of methoxy groups -OCH3 is 1. The van der Waals surface area contributed by atoms with E-state index in [2.05, 4.69) is 9.97 Å². The second kappa shape index (κ2) is 11.0. The first kappa shape index (κ1) is 27.7. The Morgan fingerprint density at radius 3 is 2.27 bits per heavy atom. The fourth-order valence-electron chi connectivity index (χ4n) is 4.56. The lowest BCUT2D eigenvalue weighted by molar-refractivity contribution is -0.160. The van der Waals surface area contributed by atoms with Gasteiger partial charge in [0.1, 0.15) is 5.01 Å². The minimum Gasteiger partial charge on any atom is -0.479 e. The van der Waals surface area contributed by atoms with E-state index >= 15 is 0 Å². The van der Waals surface area contributed by atoms with Gasteiger partial charge in [-0.05, 0) is 68.7 Å². The molecule has 2 heterocycles. The molecule has 3 aromatic carbocycles. The average molecular weight is 574 g/mol. The molecule has 1 atom stereocenters. The third-order valence-electron chi connectivity index (χ3n) is 6.27. The highest BCUT2D eigenvalue weighted by atomic mass is 35.5. The molecule has 0 radical (unpaired) electrons. The molecule has 0 aliphatic rings. The molecular formula is C31H28ClN3O4S. The third-order valence-corrected chi connectivity index (χ3v) is 7.66. The molecule has 2 aromatic heterocycles. The van der Waals surface area contributed by atoms with Gasteiger partial charge in [-0.3, -0.25) is 0 Å². The van der Waals surface area contributed by atoms with Gasteiger partial charge in [0.2, 0.25) is 0 Å². The van der Waals surface area contributed by atoms with Crippen LogP contribution in [-0.2, 0) is 9.53 Å². The smallest absolute Gasteiger partial charge is 0.337 e. The highest BCUT2D eigenvalue weighted by Crippen LogP contribution is 2.44.